The topological polar surface area (TPSA) is 15.3 Å². The van der Waals surface area contributed by atoms with Gasteiger partial charge >= 0.3 is 0 Å². The molecule has 20 heavy (non-hydrogen) atoms. The van der Waals surface area contributed by atoms with E-state index in [4.69, 9.17) is 0 Å². The zero-order valence-corrected chi connectivity index (χ0v) is 13.8. The molecule has 2 heteroatoms. The van der Waals surface area contributed by atoms with Crippen LogP contribution in [0.4, 0.5) is 0 Å². The summed E-state index contributed by atoms with van der Waals surface area (Å²) in [5, 5.41) is 3.53. The quantitative estimate of drug-likeness (QED) is 0.822. The fraction of sp³-hybridized carbons (Fsp3) is 1.00. The third-order valence-electron chi connectivity index (χ3n) is 6.32. The van der Waals surface area contributed by atoms with E-state index >= 15 is 0 Å². The smallest absolute Gasteiger partial charge is 0.0114 e. The van der Waals surface area contributed by atoms with Crippen molar-refractivity contribution in [1.29, 1.82) is 0 Å². The van der Waals surface area contributed by atoms with Crippen molar-refractivity contribution < 1.29 is 0 Å². The summed E-state index contributed by atoms with van der Waals surface area (Å²) in [4.78, 5) is 2.95. The maximum absolute atomic E-state index is 3.53. The van der Waals surface area contributed by atoms with Crippen LogP contribution in [0.5, 0.6) is 0 Å². The molecule has 0 aromatic heterocycles. The fourth-order valence-corrected chi connectivity index (χ4v) is 5.57. The second kappa shape index (κ2) is 5.96. The van der Waals surface area contributed by atoms with Crippen molar-refractivity contribution in [3.63, 3.8) is 0 Å². The summed E-state index contributed by atoms with van der Waals surface area (Å²) in [5.74, 6) is 0.862. The van der Waals surface area contributed by atoms with Gasteiger partial charge in [0.2, 0.25) is 0 Å². The highest BCUT2D eigenvalue weighted by Crippen LogP contribution is 2.47. The minimum Gasteiger partial charge on any atom is -0.317 e. The highest BCUT2D eigenvalue weighted by atomic mass is 15.2. The second-order valence-corrected chi connectivity index (χ2v) is 8.32. The molecule has 0 amide bonds. The van der Waals surface area contributed by atoms with Crippen LogP contribution in [-0.2, 0) is 0 Å². The molecular formula is C18H34N2. The predicted octanol–water partition coefficient (Wildman–Crippen LogP) is 3.81. The molecule has 3 rings (SSSR count). The van der Waals surface area contributed by atoms with Crippen LogP contribution in [0.25, 0.3) is 0 Å². The number of piperidine rings is 1. The van der Waals surface area contributed by atoms with E-state index in [1.54, 1.807) is 0 Å². The molecule has 2 aliphatic heterocycles. The van der Waals surface area contributed by atoms with E-state index in [-0.39, 0.29) is 0 Å². The van der Waals surface area contributed by atoms with Gasteiger partial charge < -0.3 is 5.32 Å². The van der Waals surface area contributed by atoms with Crippen LogP contribution in [0.1, 0.15) is 71.6 Å². The number of fused-ring (bicyclic) bond motifs is 2. The van der Waals surface area contributed by atoms with E-state index < -0.39 is 0 Å². The van der Waals surface area contributed by atoms with Gasteiger partial charge in [0, 0.05) is 24.7 Å². The van der Waals surface area contributed by atoms with Crippen LogP contribution in [0.2, 0.25) is 0 Å². The van der Waals surface area contributed by atoms with Gasteiger partial charge in [-0.15, -0.1) is 0 Å². The fourth-order valence-electron chi connectivity index (χ4n) is 5.57. The van der Waals surface area contributed by atoms with Gasteiger partial charge in [-0.2, -0.15) is 0 Å². The molecule has 0 aromatic rings. The molecule has 0 aromatic carbocycles. The van der Waals surface area contributed by atoms with Crippen molar-refractivity contribution >= 4 is 0 Å². The predicted molar refractivity (Wildman–Crippen MR) is 86.0 cm³/mol. The first kappa shape index (κ1) is 14.8. The van der Waals surface area contributed by atoms with Crippen molar-refractivity contribution in [3.05, 3.63) is 0 Å². The molecule has 3 fully saturated rings. The lowest BCUT2D eigenvalue weighted by Crippen LogP contribution is -2.51. The molecule has 2 bridgehead atoms. The summed E-state index contributed by atoms with van der Waals surface area (Å²) in [6.45, 7) is 6.25. The second-order valence-electron chi connectivity index (χ2n) is 8.32. The molecule has 2 saturated heterocycles. The lowest BCUT2D eigenvalue weighted by Gasteiger charge is -2.44. The Labute approximate surface area is 125 Å². The van der Waals surface area contributed by atoms with Crippen LogP contribution in [-0.4, -0.2) is 36.6 Å². The molecule has 1 aliphatic carbocycles. The van der Waals surface area contributed by atoms with E-state index in [2.05, 4.69) is 31.1 Å². The average Bonchev–Trinajstić information content (AvgIpc) is 2.92. The summed E-state index contributed by atoms with van der Waals surface area (Å²) in [5.41, 5.74) is 0.668. The molecular weight excluding hydrogens is 244 g/mol. The van der Waals surface area contributed by atoms with Crippen LogP contribution < -0.4 is 5.32 Å². The number of rotatable bonds is 5. The van der Waals surface area contributed by atoms with Crippen LogP contribution >= 0.6 is 0 Å². The lowest BCUT2D eigenvalue weighted by atomic mass is 9.77. The molecule has 2 heterocycles. The summed E-state index contributed by atoms with van der Waals surface area (Å²) in [7, 11) is 2.15. The number of nitrogens with zero attached hydrogens (tertiary/aromatic N) is 1. The number of hydrogen-bond donors (Lipinski definition) is 1. The zero-order valence-electron chi connectivity index (χ0n) is 13.8. The van der Waals surface area contributed by atoms with Crippen LogP contribution in [0.3, 0.4) is 0 Å². The molecule has 2 nitrogen and oxygen atoms in total. The summed E-state index contributed by atoms with van der Waals surface area (Å²) in [6, 6.07) is 2.56. The largest absolute Gasteiger partial charge is 0.317 e. The lowest BCUT2D eigenvalue weighted by molar-refractivity contribution is 0.0532. The summed E-state index contributed by atoms with van der Waals surface area (Å²) < 4.78 is 0. The molecule has 1 saturated carbocycles. The highest BCUT2D eigenvalue weighted by Gasteiger charge is 2.45. The normalized spacial score (nSPS) is 36.9. The Kier molecular flexibility index (Phi) is 4.42. The van der Waals surface area contributed by atoms with E-state index in [0.29, 0.717) is 5.41 Å². The molecule has 0 spiro atoms. The van der Waals surface area contributed by atoms with Crippen LogP contribution in [0.15, 0.2) is 0 Å². The first-order valence-electron chi connectivity index (χ1n) is 9.05. The number of hydrogen-bond acceptors (Lipinski definition) is 2. The van der Waals surface area contributed by atoms with E-state index in [1.165, 1.54) is 64.3 Å². The van der Waals surface area contributed by atoms with Crippen molar-refractivity contribution in [1.82, 2.24) is 10.2 Å². The Morgan fingerprint density at radius 2 is 1.70 bits per heavy atom. The van der Waals surface area contributed by atoms with Crippen molar-refractivity contribution in [2.24, 2.45) is 11.3 Å². The van der Waals surface area contributed by atoms with Gasteiger partial charge in [0.25, 0.3) is 0 Å². The first-order chi connectivity index (χ1) is 9.62. The molecule has 2 atom stereocenters. The summed E-state index contributed by atoms with van der Waals surface area (Å²) in [6.07, 6.45) is 13.1. The van der Waals surface area contributed by atoms with Gasteiger partial charge in [0.05, 0.1) is 0 Å². The van der Waals surface area contributed by atoms with Gasteiger partial charge in [-0.1, -0.05) is 26.7 Å². The highest BCUT2D eigenvalue weighted by molar-refractivity contribution is 5.00. The van der Waals surface area contributed by atoms with E-state index in [0.717, 1.165) is 24.0 Å². The number of nitrogens with one attached hydrogen (secondary N) is 1. The maximum Gasteiger partial charge on any atom is 0.0114 e. The first-order valence-corrected chi connectivity index (χ1v) is 9.05. The van der Waals surface area contributed by atoms with Crippen molar-refractivity contribution in [2.75, 3.05) is 13.6 Å². The third-order valence-corrected chi connectivity index (χ3v) is 6.32. The zero-order chi connectivity index (χ0) is 14.2. The SMILES string of the molecule is CNC1CC2CCC(C1)N2CC1(CC(C)C)CCCC1. The van der Waals surface area contributed by atoms with Crippen LogP contribution in [0, 0.1) is 11.3 Å². The minimum atomic E-state index is 0.668. The Morgan fingerprint density at radius 3 is 2.20 bits per heavy atom. The minimum absolute atomic E-state index is 0.668. The van der Waals surface area contributed by atoms with Crippen molar-refractivity contribution in [3.8, 4) is 0 Å². The Morgan fingerprint density at radius 1 is 1.10 bits per heavy atom. The molecule has 0 radical (unpaired) electrons. The van der Waals surface area contributed by atoms with Crippen molar-refractivity contribution in [2.45, 2.75) is 89.8 Å². The van der Waals surface area contributed by atoms with Gasteiger partial charge in [0.1, 0.15) is 0 Å². The average molecular weight is 278 g/mol. The Balaban J connectivity index is 1.67. The van der Waals surface area contributed by atoms with Gasteiger partial charge in [0.15, 0.2) is 0 Å². The van der Waals surface area contributed by atoms with Gasteiger partial charge in [-0.25, -0.2) is 0 Å². The van der Waals surface area contributed by atoms with E-state index in [1.807, 2.05) is 0 Å². The molecule has 2 unspecified atom stereocenters. The standard InChI is InChI=1S/C18H34N2/c1-14(2)12-18(8-4-5-9-18)13-20-16-6-7-17(20)11-15(10-16)19-3/h14-17,19H,4-13H2,1-3H3. The van der Waals surface area contributed by atoms with E-state index in [9.17, 15) is 0 Å². The van der Waals surface area contributed by atoms with Gasteiger partial charge in [-0.3, -0.25) is 4.90 Å². The monoisotopic (exact) mass is 278 g/mol. The summed E-state index contributed by atoms with van der Waals surface area (Å²) >= 11 is 0. The Bertz CT molecular complexity index is 305. The molecule has 3 aliphatic rings. The molecule has 116 valence electrons. The molecule has 1 N–H and O–H groups in total. The van der Waals surface area contributed by atoms with Gasteiger partial charge in [-0.05, 0) is 63.3 Å². The third kappa shape index (κ3) is 2.92. The maximum atomic E-state index is 3.53. The Hall–Kier alpha value is -0.0800.